The van der Waals surface area contributed by atoms with E-state index in [4.69, 9.17) is 0 Å². The van der Waals surface area contributed by atoms with E-state index in [1.165, 1.54) is 44.9 Å². The minimum Gasteiger partial charge on any atom is -0.385 e. The fourth-order valence-corrected chi connectivity index (χ4v) is 6.41. The Bertz CT molecular complexity index is 1460. The summed E-state index contributed by atoms with van der Waals surface area (Å²) in [6.07, 6.45) is 6.90. The minimum absolute atomic E-state index is 0.129. The summed E-state index contributed by atoms with van der Waals surface area (Å²) in [6.45, 7) is 22.3. The van der Waals surface area contributed by atoms with Gasteiger partial charge in [0.05, 0.1) is 0 Å². The van der Waals surface area contributed by atoms with E-state index in [0.717, 1.165) is 51.5 Å². The van der Waals surface area contributed by atoms with E-state index in [-0.39, 0.29) is 5.92 Å². The van der Waals surface area contributed by atoms with Crippen molar-refractivity contribution in [2.75, 3.05) is 65.8 Å². The van der Waals surface area contributed by atoms with Crippen molar-refractivity contribution in [3.05, 3.63) is 138 Å². The third-order valence-corrected chi connectivity index (χ3v) is 9.21. The molecule has 0 heterocycles. The fourth-order valence-electron chi connectivity index (χ4n) is 6.41. The van der Waals surface area contributed by atoms with Crippen LogP contribution >= 0.6 is 0 Å². The first-order chi connectivity index (χ1) is 23.0. The molecule has 4 aromatic rings. The van der Waals surface area contributed by atoms with E-state index in [1.807, 2.05) is 0 Å². The van der Waals surface area contributed by atoms with Crippen molar-refractivity contribution < 1.29 is 0 Å². The quantitative estimate of drug-likeness (QED) is 0.117. The third kappa shape index (κ3) is 9.10. The lowest BCUT2D eigenvalue weighted by atomic mass is 9.90. The van der Waals surface area contributed by atoms with Gasteiger partial charge in [0.25, 0.3) is 0 Å². The Morgan fingerprint density at radius 2 is 0.872 bits per heavy atom. The van der Waals surface area contributed by atoms with Crippen LogP contribution in [0.5, 0.6) is 0 Å². The lowest BCUT2D eigenvalue weighted by molar-refractivity contribution is 0.865. The van der Waals surface area contributed by atoms with Crippen LogP contribution in [-0.2, 0) is 0 Å². The average Bonchev–Trinajstić information content (AvgIpc) is 3.12. The van der Waals surface area contributed by atoms with Crippen LogP contribution in [0.25, 0.3) is 5.57 Å². The van der Waals surface area contributed by atoms with E-state index >= 15 is 0 Å². The smallest absolute Gasteiger partial charge is 0.0366 e. The van der Waals surface area contributed by atoms with E-state index in [2.05, 4.69) is 184 Å². The largest absolute Gasteiger partial charge is 0.385 e. The molecule has 4 heteroatoms. The molecule has 4 nitrogen and oxygen atoms in total. The molecule has 0 aromatic heterocycles. The summed E-state index contributed by atoms with van der Waals surface area (Å²) in [7, 11) is 0. The maximum atomic E-state index is 3.44. The van der Waals surface area contributed by atoms with Crippen LogP contribution in [0, 0.1) is 0 Å². The van der Waals surface area contributed by atoms with Gasteiger partial charge in [-0.15, -0.1) is 0 Å². The number of benzene rings is 4. The molecule has 0 bridgehead atoms. The van der Waals surface area contributed by atoms with Gasteiger partial charge in [0.15, 0.2) is 0 Å². The molecule has 0 radical (unpaired) electrons. The highest BCUT2D eigenvalue weighted by atomic mass is 15.1. The Hall–Kier alpha value is -4.44. The van der Waals surface area contributed by atoms with Gasteiger partial charge in [0.1, 0.15) is 0 Å². The number of anilines is 4. The first-order valence-corrected chi connectivity index (χ1v) is 17.8. The summed E-state index contributed by atoms with van der Waals surface area (Å²) in [5.41, 5.74) is 11.2. The van der Waals surface area contributed by atoms with Gasteiger partial charge in [-0.3, -0.25) is 0 Å². The van der Waals surface area contributed by atoms with Gasteiger partial charge in [0.2, 0.25) is 0 Å². The highest BCUT2D eigenvalue weighted by Gasteiger charge is 2.13. The lowest BCUT2D eigenvalue weighted by Gasteiger charge is -2.22. The second-order valence-electron chi connectivity index (χ2n) is 11.8. The summed E-state index contributed by atoms with van der Waals surface area (Å²) in [6, 6.07) is 36.2. The van der Waals surface area contributed by atoms with Crippen molar-refractivity contribution in [1.29, 1.82) is 0 Å². The van der Waals surface area contributed by atoms with Gasteiger partial charge in [-0.05, 0) is 125 Å². The number of nitrogens with zero attached hydrogens (tertiary/aromatic N) is 3. The highest BCUT2D eigenvalue weighted by Crippen LogP contribution is 2.31. The number of allylic oxidation sites excluding steroid dienone is 3. The van der Waals surface area contributed by atoms with Gasteiger partial charge >= 0.3 is 0 Å². The number of hydrogen-bond acceptors (Lipinski definition) is 4. The molecule has 1 unspecified atom stereocenters. The number of nitrogens with one attached hydrogen (secondary N) is 1. The molecule has 1 N–H and O–H groups in total. The number of rotatable bonds is 17. The van der Waals surface area contributed by atoms with Crippen LogP contribution < -0.4 is 20.0 Å². The third-order valence-electron chi connectivity index (χ3n) is 9.21. The summed E-state index contributed by atoms with van der Waals surface area (Å²) in [5.74, 6) is 0.129. The Morgan fingerprint density at radius 3 is 1.23 bits per heavy atom. The van der Waals surface area contributed by atoms with Gasteiger partial charge in [-0.2, -0.15) is 0 Å². The van der Waals surface area contributed by atoms with E-state index in [0.29, 0.717) is 0 Å². The molecule has 4 aromatic carbocycles. The Labute approximate surface area is 285 Å². The Kier molecular flexibility index (Phi) is 13.6. The predicted octanol–water partition coefficient (Wildman–Crippen LogP) is 10.5. The Morgan fingerprint density at radius 1 is 0.511 bits per heavy atom. The van der Waals surface area contributed by atoms with Crippen LogP contribution in [0.4, 0.5) is 22.7 Å². The zero-order valence-corrected chi connectivity index (χ0v) is 29.8. The van der Waals surface area contributed by atoms with Crippen LogP contribution in [-0.4, -0.2) is 45.8 Å². The minimum atomic E-state index is 0.129. The van der Waals surface area contributed by atoms with Crippen LogP contribution in [0.1, 0.15) is 76.6 Å². The molecule has 0 spiro atoms. The van der Waals surface area contributed by atoms with E-state index in [1.54, 1.807) is 0 Å². The van der Waals surface area contributed by atoms with Crippen molar-refractivity contribution in [2.45, 2.75) is 54.4 Å². The Balaban J connectivity index is 1.76. The SMILES string of the molecule is CCNc1ccc(C(C=CC=C(c2ccc(N(CC)CC)cc2)c2ccc(N(CC)CC)cc2)c2ccc(N(CC)CC)cc2)cc1. The number of hydrogen-bond donors (Lipinski definition) is 1. The summed E-state index contributed by atoms with van der Waals surface area (Å²) in [5, 5.41) is 3.44. The van der Waals surface area contributed by atoms with Crippen molar-refractivity contribution >= 4 is 28.3 Å². The topological polar surface area (TPSA) is 21.8 Å². The average molecular weight is 629 g/mol. The molecule has 47 heavy (non-hydrogen) atoms. The molecule has 0 saturated carbocycles. The molecule has 248 valence electrons. The molecule has 1 atom stereocenters. The molecular weight excluding hydrogens is 573 g/mol. The molecule has 0 aliphatic carbocycles. The van der Waals surface area contributed by atoms with Crippen molar-refractivity contribution in [2.24, 2.45) is 0 Å². The van der Waals surface area contributed by atoms with Crippen LogP contribution in [0.15, 0.2) is 115 Å². The zero-order valence-electron chi connectivity index (χ0n) is 29.8. The normalized spacial score (nSPS) is 11.7. The van der Waals surface area contributed by atoms with Gasteiger partial charge < -0.3 is 20.0 Å². The monoisotopic (exact) mass is 628 g/mol. The highest BCUT2D eigenvalue weighted by molar-refractivity contribution is 5.82. The molecular formula is C43H56N4. The van der Waals surface area contributed by atoms with Crippen molar-refractivity contribution in [1.82, 2.24) is 0 Å². The van der Waals surface area contributed by atoms with Crippen LogP contribution in [0.2, 0.25) is 0 Å². The molecule has 0 aliphatic heterocycles. The van der Waals surface area contributed by atoms with Crippen LogP contribution in [0.3, 0.4) is 0 Å². The first-order valence-electron chi connectivity index (χ1n) is 17.8. The van der Waals surface area contributed by atoms with Gasteiger partial charge in [0, 0.05) is 74.5 Å². The maximum absolute atomic E-state index is 3.44. The first kappa shape index (κ1) is 35.4. The summed E-state index contributed by atoms with van der Waals surface area (Å²) in [4.78, 5) is 7.18. The molecule has 0 amide bonds. The lowest BCUT2D eigenvalue weighted by Crippen LogP contribution is -2.21. The molecule has 0 fully saturated rings. The van der Waals surface area contributed by atoms with Gasteiger partial charge in [-0.1, -0.05) is 66.8 Å². The molecule has 4 rings (SSSR count). The molecule has 0 saturated heterocycles. The standard InChI is InChI=1S/C43H56N4/c1-8-44-38-26-18-34(19-27-38)42(35-20-28-39(29-21-35)45(9-2)10-3)16-15-17-43(36-22-30-40(31-23-36)46(11-4)12-5)37-24-32-41(33-25-37)47(13-6)14-7/h15-33,42,44H,8-14H2,1-7H3. The molecule has 0 aliphatic rings. The predicted molar refractivity (Wildman–Crippen MR) is 209 cm³/mol. The second-order valence-corrected chi connectivity index (χ2v) is 11.8. The second kappa shape index (κ2) is 18.0. The summed E-state index contributed by atoms with van der Waals surface area (Å²) >= 11 is 0. The van der Waals surface area contributed by atoms with E-state index < -0.39 is 0 Å². The summed E-state index contributed by atoms with van der Waals surface area (Å²) < 4.78 is 0. The maximum Gasteiger partial charge on any atom is 0.0366 e. The van der Waals surface area contributed by atoms with Gasteiger partial charge in [-0.25, -0.2) is 0 Å². The fraction of sp³-hybridized carbons (Fsp3) is 0.349. The van der Waals surface area contributed by atoms with E-state index in [9.17, 15) is 0 Å². The van der Waals surface area contributed by atoms with Crippen molar-refractivity contribution in [3.8, 4) is 0 Å². The zero-order chi connectivity index (χ0) is 33.6. The van der Waals surface area contributed by atoms with Crippen molar-refractivity contribution in [3.63, 3.8) is 0 Å².